The predicted octanol–water partition coefficient (Wildman–Crippen LogP) is 3.21. The monoisotopic (exact) mass is 480 g/mol. The first-order valence-corrected chi connectivity index (χ1v) is 11.5. The fraction of sp³-hybridized carbons (Fsp3) is 0.385. The Labute approximate surface area is 203 Å². The van der Waals surface area contributed by atoms with Crippen LogP contribution in [0.1, 0.15) is 52.8 Å². The molecule has 0 N–H and O–H groups in total. The highest BCUT2D eigenvalue weighted by atomic mass is 16.5. The van der Waals surface area contributed by atoms with Gasteiger partial charge in [-0.2, -0.15) is 0 Å². The zero-order chi connectivity index (χ0) is 25.1. The first-order valence-electron chi connectivity index (χ1n) is 11.5. The van der Waals surface area contributed by atoms with Crippen molar-refractivity contribution in [3.63, 3.8) is 0 Å². The van der Waals surface area contributed by atoms with E-state index in [0.717, 1.165) is 30.6 Å². The van der Waals surface area contributed by atoms with Crippen LogP contribution < -0.4 is 14.4 Å². The molecule has 1 saturated carbocycles. The number of hydrogen-bond donors (Lipinski definition) is 0. The first-order chi connectivity index (χ1) is 16.9. The summed E-state index contributed by atoms with van der Waals surface area (Å²) in [4.78, 5) is 54.6. The Morgan fingerprint density at radius 1 is 0.886 bits per heavy atom. The minimum Gasteiger partial charge on any atom is -0.493 e. The Morgan fingerprint density at radius 3 is 2.11 bits per heavy atom. The van der Waals surface area contributed by atoms with Crippen molar-refractivity contribution in [2.75, 3.05) is 26.2 Å². The predicted molar refractivity (Wildman–Crippen MR) is 127 cm³/mol. The second-order valence-corrected chi connectivity index (χ2v) is 8.55. The van der Waals surface area contributed by atoms with Crippen molar-refractivity contribution in [2.24, 2.45) is 0 Å². The number of rotatable bonds is 7. The standard InChI is InChI=1S/C26H28N2O7/c1-33-21-13-10-17(14-22(21)34-2)24(30)27(18-6-4-5-7-18)20-15-23(29)28(25(20)31)19-11-8-16(9-12-19)26(32)35-3/h8-14,18,20H,4-7,15H2,1-3H3. The van der Waals surface area contributed by atoms with Crippen LogP contribution in [0, 0.1) is 0 Å². The first kappa shape index (κ1) is 24.3. The van der Waals surface area contributed by atoms with Crippen molar-refractivity contribution in [2.45, 2.75) is 44.2 Å². The number of hydrogen-bond acceptors (Lipinski definition) is 7. The topological polar surface area (TPSA) is 102 Å². The molecule has 0 aromatic heterocycles. The van der Waals surface area contributed by atoms with Crippen molar-refractivity contribution in [1.82, 2.24) is 4.90 Å². The Kier molecular flexibility index (Phi) is 7.04. The van der Waals surface area contributed by atoms with Crippen LogP contribution in [0.2, 0.25) is 0 Å². The number of amides is 3. The largest absolute Gasteiger partial charge is 0.493 e. The van der Waals surface area contributed by atoms with Crippen molar-refractivity contribution in [3.8, 4) is 11.5 Å². The molecule has 1 unspecified atom stereocenters. The Bertz CT molecular complexity index is 1140. The molecule has 2 aromatic rings. The number of ether oxygens (including phenoxy) is 3. The third-order valence-electron chi connectivity index (χ3n) is 6.59. The molecule has 9 nitrogen and oxygen atoms in total. The zero-order valence-corrected chi connectivity index (χ0v) is 20.0. The second kappa shape index (κ2) is 10.2. The molecule has 0 spiro atoms. The number of benzene rings is 2. The highest BCUT2D eigenvalue weighted by molar-refractivity contribution is 6.23. The molecule has 3 amide bonds. The van der Waals surface area contributed by atoms with Gasteiger partial charge in [-0.25, -0.2) is 9.69 Å². The smallest absolute Gasteiger partial charge is 0.337 e. The minimum atomic E-state index is -0.911. The molecule has 2 aromatic carbocycles. The van der Waals surface area contributed by atoms with Gasteiger partial charge in [0, 0.05) is 11.6 Å². The van der Waals surface area contributed by atoms with Crippen LogP contribution in [-0.4, -0.2) is 62.0 Å². The molecule has 0 bridgehead atoms. The lowest BCUT2D eigenvalue weighted by atomic mass is 10.1. The number of carbonyl (C=O) groups is 4. The van der Waals surface area contributed by atoms with E-state index in [0.29, 0.717) is 28.3 Å². The molecule has 184 valence electrons. The molecule has 4 rings (SSSR count). The summed E-state index contributed by atoms with van der Waals surface area (Å²) in [5, 5.41) is 0. The molecule has 0 radical (unpaired) electrons. The van der Waals surface area contributed by atoms with E-state index in [2.05, 4.69) is 0 Å². The molecule has 35 heavy (non-hydrogen) atoms. The van der Waals surface area contributed by atoms with E-state index in [1.807, 2.05) is 0 Å². The van der Waals surface area contributed by atoms with Gasteiger partial charge in [-0.3, -0.25) is 14.4 Å². The van der Waals surface area contributed by atoms with Crippen LogP contribution in [0.25, 0.3) is 0 Å². The van der Waals surface area contributed by atoms with E-state index in [-0.39, 0.29) is 18.4 Å². The average molecular weight is 481 g/mol. The van der Waals surface area contributed by atoms with Gasteiger partial charge in [-0.1, -0.05) is 12.8 Å². The van der Waals surface area contributed by atoms with Gasteiger partial charge in [0.05, 0.1) is 39.0 Å². The van der Waals surface area contributed by atoms with E-state index in [4.69, 9.17) is 14.2 Å². The fourth-order valence-electron chi connectivity index (χ4n) is 4.83. The second-order valence-electron chi connectivity index (χ2n) is 8.55. The molecule has 9 heteroatoms. The van der Waals surface area contributed by atoms with Crippen molar-refractivity contribution < 1.29 is 33.4 Å². The lowest BCUT2D eigenvalue weighted by molar-refractivity contribution is -0.123. The van der Waals surface area contributed by atoms with Gasteiger partial charge in [0.2, 0.25) is 5.91 Å². The number of imide groups is 1. The van der Waals surface area contributed by atoms with Crippen molar-refractivity contribution >= 4 is 29.4 Å². The third-order valence-corrected chi connectivity index (χ3v) is 6.59. The van der Waals surface area contributed by atoms with E-state index in [9.17, 15) is 19.2 Å². The van der Waals surface area contributed by atoms with Gasteiger partial charge in [0.1, 0.15) is 6.04 Å². The number of methoxy groups -OCH3 is 3. The number of esters is 1. The molecule has 1 aliphatic carbocycles. The quantitative estimate of drug-likeness (QED) is 0.443. The molecule has 1 saturated heterocycles. The summed E-state index contributed by atoms with van der Waals surface area (Å²) < 4.78 is 15.3. The molecular weight excluding hydrogens is 452 g/mol. The van der Waals surface area contributed by atoms with E-state index in [1.165, 1.54) is 45.6 Å². The van der Waals surface area contributed by atoms with Crippen LogP contribution in [-0.2, 0) is 14.3 Å². The molecule has 1 atom stereocenters. The lowest BCUT2D eigenvalue weighted by Gasteiger charge is -2.33. The summed E-state index contributed by atoms with van der Waals surface area (Å²) in [6.45, 7) is 0. The number of anilines is 1. The van der Waals surface area contributed by atoms with Crippen LogP contribution in [0.3, 0.4) is 0 Å². The molecule has 1 aliphatic heterocycles. The number of nitrogens with zero attached hydrogens (tertiary/aromatic N) is 2. The Balaban J connectivity index is 1.65. The van der Waals surface area contributed by atoms with E-state index in [1.54, 1.807) is 23.1 Å². The summed E-state index contributed by atoms with van der Waals surface area (Å²) in [6.07, 6.45) is 3.34. The van der Waals surface area contributed by atoms with Crippen LogP contribution in [0.4, 0.5) is 5.69 Å². The SMILES string of the molecule is COC(=O)c1ccc(N2C(=O)CC(N(C(=O)c3ccc(OC)c(OC)c3)C3CCCC3)C2=O)cc1. The summed E-state index contributed by atoms with van der Waals surface area (Å²) >= 11 is 0. The maximum atomic E-state index is 13.7. The Hall–Kier alpha value is -3.88. The van der Waals surface area contributed by atoms with E-state index >= 15 is 0 Å². The maximum absolute atomic E-state index is 13.7. The van der Waals surface area contributed by atoms with Gasteiger partial charge < -0.3 is 19.1 Å². The molecule has 2 aliphatic rings. The van der Waals surface area contributed by atoms with Gasteiger partial charge in [-0.05, 0) is 55.3 Å². The van der Waals surface area contributed by atoms with Gasteiger partial charge >= 0.3 is 5.97 Å². The highest BCUT2D eigenvalue weighted by Gasteiger charge is 2.47. The minimum absolute atomic E-state index is 0.104. The summed E-state index contributed by atoms with van der Waals surface area (Å²) in [5.74, 6) is -0.792. The molecule has 1 heterocycles. The summed E-state index contributed by atoms with van der Waals surface area (Å²) in [7, 11) is 4.28. The molecular formula is C26H28N2O7. The molecule has 2 fully saturated rings. The Morgan fingerprint density at radius 2 is 1.51 bits per heavy atom. The van der Waals surface area contributed by atoms with Crippen molar-refractivity contribution in [3.05, 3.63) is 53.6 Å². The number of carbonyl (C=O) groups excluding carboxylic acids is 4. The summed E-state index contributed by atoms with van der Waals surface area (Å²) in [6, 6.07) is 9.88. The van der Waals surface area contributed by atoms with Gasteiger partial charge in [0.25, 0.3) is 11.8 Å². The fourth-order valence-corrected chi connectivity index (χ4v) is 4.83. The highest BCUT2D eigenvalue weighted by Crippen LogP contribution is 2.34. The van der Waals surface area contributed by atoms with Crippen molar-refractivity contribution in [1.29, 1.82) is 0 Å². The third kappa shape index (κ3) is 4.58. The lowest BCUT2D eigenvalue weighted by Crippen LogP contribution is -2.50. The zero-order valence-electron chi connectivity index (χ0n) is 20.0. The summed E-state index contributed by atoms with van der Waals surface area (Å²) in [5.41, 5.74) is 1.01. The van der Waals surface area contributed by atoms with Gasteiger partial charge in [0.15, 0.2) is 11.5 Å². The average Bonchev–Trinajstić information content (AvgIpc) is 3.51. The maximum Gasteiger partial charge on any atom is 0.337 e. The van der Waals surface area contributed by atoms with E-state index < -0.39 is 23.8 Å². The van der Waals surface area contributed by atoms with Crippen LogP contribution in [0.5, 0.6) is 11.5 Å². The van der Waals surface area contributed by atoms with Crippen LogP contribution >= 0.6 is 0 Å². The van der Waals surface area contributed by atoms with Crippen LogP contribution in [0.15, 0.2) is 42.5 Å². The normalized spacial score (nSPS) is 18.0. The van der Waals surface area contributed by atoms with Gasteiger partial charge in [-0.15, -0.1) is 0 Å².